The van der Waals surface area contributed by atoms with Gasteiger partial charge in [0, 0.05) is 30.7 Å². The number of nitrogens with zero attached hydrogens (tertiary/aromatic N) is 4. The van der Waals surface area contributed by atoms with Crippen LogP contribution in [0.25, 0.3) is 0 Å². The second-order valence-electron chi connectivity index (χ2n) is 6.76. The molecule has 0 aliphatic carbocycles. The highest BCUT2D eigenvalue weighted by molar-refractivity contribution is 9.10. The number of anilines is 3. The van der Waals surface area contributed by atoms with Gasteiger partial charge in [0.15, 0.2) is 5.69 Å². The minimum atomic E-state index is -0.440. The third-order valence-electron chi connectivity index (χ3n) is 4.46. The zero-order valence-electron chi connectivity index (χ0n) is 15.8. The van der Waals surface area contributed by atoms with E-state index in [0.717, 1.165) is 12.2 Å². The van der Waals surface area contributed by atoms with Crippen LogP contribution in [0.4, 0.5) is 17.4 Å². The van der Waals surface area contributed by atoms with Gasteiger partial charge in [-0.1, -0.05) is 6.07 Å². The van der Waals surface area contributed by atoms with E-state index in [9.17, 15) is 9.59 Å². The van der Waals surface area contributed by atoms with Crippen LogP contribution in [-0.2, 0) is 4.79 Å². The Balaban J connectivity index is 1.75. The predicted octanol–water partition coefficient (Wildman–Crippen LogP) is 1.48. The second kappa shape index (κ2) is 8.61. The molecule has 2 heterocycles. The molecule has 0 spiro atoms. The lowest BCUT2D eigenvalue weighted by atomic mass is 10.2. The van der Waals surface area contributed by atoms with Crippen LogP contribution < -0.4 is 16.0 Å². The van der Waals surface area contributed by atoms with Crippen molar-refractivity contribution < 1.29 is 14.0 Å². The molecular weight excluding hydrogens is 428 g/mol. The Kier molecular flexibility index (Phi) is 6.20. The maximum atomic E-state index is 12.6. The number of oxazole rings is 1. The maximum Gasteiger partial charge on any atom is 0.292 e. The molecule has 9 nitrogen and oxygen atoms in total. The second-order valence-corrected chi connectivity index (χ2v) is 7.62. The third-order valence-corrected chi connectivity index (χ3v) is 5.12. The largest absolute Gasteiger partial charge is 0.431 e. The SMILES string of the molecule is CN(C)CCN1CCN(c2cccc(Br)c2NC(=O)c2coc(N)n2)CC1=O. The molecule has 1 aliphatic rings. The smallest absolute Gasteiger partial charge is 0.292 e. The number of benzene rings is 1. The molecular formula is C18H23BrN6O3. The highest BCUT2D eigenvalue weighted by Gasteiger charge is 2.26. The number of likely N-dealkylation sites (N-methyl/N-ethyl adjacent to an activating group) is 1. The van der Waals surface area contributed by atoms with Crippen molar-refractivity contribution >= 4 is 45.1 Å². The molecule has 28 heavy (non-hydrogen) atoms. The summed E-state index contributed by atoms with van der Waals surface area (Å²) in [4.78, 5) is 34.8. The minimum Gasteiger partial charge on any atom is -0.431 e. The van der Waals surface area contributed by atoms with E-state index in [1.54, 1.807) is 0 Å². The van der Waals surface area contributed by atoms with Crippen LogP contribution in [0.2, 0.25) is 0 Å². The molecule has 1 saturated heterocycles. The average Bonchev–Trinajstić information content (AvgIpc) is 3.08. The average molecular weight is 451 g/mol. The van der Waals surface area contributed by atoms with Crippen molar-refractivity contribution in [2.75, 3.05) is 62.8 Å². The summed E-state index contributed by atoms with van der Waals surface area (Å²) in [7, 11) is 3.97. The van der Waals surface area contributed by atoms with Crippen LogP contribution >= 0.6 is 15.9 Å². The van der Waals surface area contributed by atoms with Crippen molar-refractivity contribution in [1.29, 1.82) is 0 Å². The molecule has 0 unspecified atom stereocenters. The Bertz CT molecular complexity index is 869. The third kappa shape index (κ3) is 4.63. The summed E-state index contributed by atoms with van der Waals surface area (Å²) < 4.78 is 5.60. The lowest BCUT2D eigenvalue weighted by Gasteiger charge is -2.37. The highest BCUT2D eigenvalue weighted by atomic mass is 79.9. The zero-order chi connectivity index (χ0) is 20.3. The Morgan fingerprint density at radius 2 is 2.18 bits per heavy atom. The van der Waals surface area contributed by atoms with Crippen molar-refractivity contribution in [3.05, 3.63) is 34.6 Å². The van der Waals surface area contributed by atoms with Gasteiger partial charge in [-0.3, -0.25) is 9.59 Å². The Morgan fingerprint density at radius 1 is 1.39 bits per heavy atom. The van der Waals surface area contributed by atoms with E-state index < -0.39 is 5.91 Å². The number of rotatable bonds is 6. The van der Waals surface area contributed by atoms with Gasteiger partial charge in [0.1, 0.15) is 6.26 Å². The van der Waals surface area contributed by atoms with E-state index in [1.807, 2.05) is 42.1 Å². The molecule has 1 aromatic carbocycles. The van der Waals surface area contributed by atoms with Gasteiger partial charge in [-0.05, 0) is 42.2 Å². The zero-order valence-corrected chi connectivity index (χ0v) is 17.4. The van der Waals surface area contributed by atoms with Gasteiger partial charge < -0.3 is 30.2 Å². The number of carbonyl (C=O) groups is 2. The van der Waals surface area contributed by atoms with Crippen LogP contribution in [0.3, 0.4) is 0 Å². The monoisotopic (exact) mass is 450 g/mol. The molecule has 0 saturated carbocycles. The number of nitrogens with one attached hydrogen (secondary N) is 1. The highest BCUT2D eigenvalue weighted by Crippen LogP contribution is 2.34. The predicted molar refractivity (Wildman–Crippen MR) is 110 cm³/mol. The summed E-state index contributed by atoms with van der Waals surface area (Å²) >= 11 is 3.48. The van der Waals surface area contributed by atoms with Crippen molar-refractivity contribution in [3.63, 3.8) is 0 Å². The topological polar surface area (TPSA) is 108 Å². The number of nitrogens with two attached hydrogens (primary N) is 1. The molecule has 0 atom stereocenters. The molecule has 10 heteroatoms. The molecule has 1 fully saturated rings. The molecule has 3 N–H and O–H groups in total. The number of nitrogen functional groups attached to an aromatic ring is 1. The van der Waals surface area contributed by atoms with Crippen LogP contribution in [0, 0.1) is 0 Å². The summed E-state index contributed by atoms with van der Waals surface area (Å²) in [6, 6.07) is 5.49. The van der Waals surface area contributed by atoms with Crippen LogP contribution in [0.1, 0.15) is 10.5 Å². The first-order chi connectivity index (χ1) is 13.3. The fraction of sp³-hybridized carbons (Fsp3) is 0.389. The molecule has 0 bridgehead atoms. The van der Waals surface area contributed by atoms with Crippen LogP contribution in [0.5, 0.6) is 0 Å². The number of hydrogen-bond acceptors (Lipinski definition) is 7. The van der Waals surface area contributed by atoms with E-state index in [1.165, 1.54) is 6.26 Å². The van der Waals surface area contributed by atoms with Crippen molar-refractivity contribution in [1.82, 2.24) is 14.8 Å². The number of amides is 2. The number of para-hydroxylation sites is 1. The number of halogens is 1. The molecule has 2 aromatic rings. The van der Waals surface area contributed by atoms with Gasteiger partial charge in [0.2, 0.25) is 5.91 Å². The Morgan fingerprint density at radius 3 is 2.82 bits per heavy atom. The first kappa shape index (κ1) is 20.2. The standard InChI is InChI=1S/C18H23BrN6O3/c1-23(2)6-7-24-8-9-25(10-15(24)26)14-5-3-4-12(19)16(14)22-17(27)13-11-28-18(20)21-13/h3-5,11H,6-10H2,1-2H3,(H2,20,21)(H,22,27). The molecule has 2 amide bonds. The minimum absolute atomic E-state index is 0.0645. The van der Waals surface area contributed by atoms with E-state index >= 15 is 0 Å². The number of aromatic nitrogens is 1. The Hall–Kier alpha value is -2.59. The van der Waals surface area contributed by atoms with Crippen molar-refractivity contribution in [2.45, 2.75) is 0 Å². The summed E-state index contributed by atoms with van der Waals surface area (Å²) in [5.74, 6) is -0.376. The fourth-order valence-electron chi connectivity index (χ4n) is 2.94. The lowest BCUT2D eigenvalue weighted by molar-refractivity contribution is -0.131. The van der Waals surface area contributed by atoms with E-state index in [-0.39, 0.29) is 24.2 Å². The van der Waals surface area contributed by atoms with Crippen LogP contribution in [0.15, 0.2) is 33.4 Å². The quantitative estimate of drug-likeness (QED) is 0.685. The summed E-state index contributed by atoms with van der Waals surface area (Å²) in [6.45, 7) is 3.09. The Labute approximate surface area is 171 Å². The number of hydrogen-bond donors (Lipinski definition) is 2. The first-order valence-electron chi connectivity index (χ1n) is 8.83. The lowest BCUT2D eigenvalue weighted by Crippen LogP contribution is -2.52. The number of carbonyl (C=O) groups excluding carboxylic acids is 2. The summed E-state index contributed by atoms with van der Waals surface area (Å²) in [5, 5.41) is 2.83. The maximum absolute atomic E-state index is 12.6. The normalized spacial score (nSPS) is 14.6. The van der Waals surface area contributed by atoms with Gasteiger partial charge in [0.05, 0.1) is 17.9 Å². The van der Waals surface area contributed by atoms with Gasteiger partial charge in [0.25, 0.3) is 11.9 Å². The van der Waals surface area contributed by atoms with Gasteiger partial charge >= 0.3 is 0 Å². The molecule has 150 valence electrons. The van der Waals surface area contributed by atoms with Crippen molar-refractivity contribution in [2.24, 2.45) is 0 Å². The first-order valence-corrected chi connectivity index (χ1v) is 9.62. The molecule has 1 aromatic heterocycles. The van der Waals surface area contributed by atoms with E-state index in [4.69, 9.17) is 10.2 Å². The fourth-order valence-corrected chi connectivity index (χ4v) is 3.40. The van der Waals surface area contributed by atoms with Crippen LogP contribution in [-0.4, -0.2) is 73.4 Å². The van der Waals surface area contributed by atoms with E-state index in [0.29, 0.717) is 29.8 Å². The van der Waals surface area contributed by atoms with Gasteiger partial charge in [-0.25, -0.2) is 0 Å². The van der Waals surface area contributed by atoms with Crippen molar-refractivity contribution in [3.8, 4) is 0 Å². The molecule has 1 aliphatic heterocycles. The van der Waals surface area contributed by atoms with Gasteiger partial charge in [-0.15, -0.1) is 0 Å². The van der Waals surface area contributed by atoms with E-state index in [2.05, 4.69) is 31.1 Å². The summed E-state index contributed by atoms with van der Waals surface area (Å²) in [5.41, 5.74) is 6.86. The number of piperazine rings is 1. The van der Waals surface area contributed by atoms with Gasteiger partial charge in [-0.2, -0.15) is 4.98 Å². The molecule has 3 rings (SSSR count). The summed E-state index contributed by atoms with van der Waals surface area (Å²) in [6.07, 6.45) is 1.20. The molecule has 0 radical (unpaired) electrons.